The van der Waals surface area contributed by atoms with E-state index in [0.29, 0.717) is 15.5 Å². The van der Waals surface area contributed by atoms with Gasteiger partial charge in [-0.3, -0.25) is 5.32 Å². The molecule has 1 amide bonds. The molecule has 2 aromatic rings. The van der Waals surface area contributed by atoms with E-state index >= 15 is 0 Å². The molecule has 0 radical (unpaired) electrons. The quantitative estimate of drug-likeness (QED) is 0.882. The van der Waals surface area contributed by atoms with Crippen LogP contribution in [0.3, 0.4) is 0 Å². The van der Waals surface area contributed by atoms with E-state index in [9.17, 15) is 9.59 Å². The molecule has 0 aliphatic rings. The van der Waals surface area contributed by atoms with Crippen molar-refractivity contribution in [2.45, 2.75) is 33.3 Å². The van der Waals surface area contributed by atoms with E-state index in [1.807, 2.05) is 0 Å². The zero-order valence-corrected chi connectivity index (χ0v) is 13.1. The highest BCUT2D eigenvalue weighted by Crippen LogP contribution is 2.36. The van der Waals surface area contributed by atoms with Gasteiger partial charge in [-0.25, -0.2) is 14.6 Å². The minimum atomic E-state index is -0.959. The summed E-state index contributed by atoms with van der Waals surface area (Å²) < 4.78 is 5.91. The van der Waals surface area contributed by atoms with Gasteiger partial charge in [0.15, 0.2) is 5.13 Å². The van der Waals surface area contributed by atoms with Gasteiger partial charge in [0.05, 0.1) is 4.70 Å². The van der Waals surface area contributed by atoms with Gasteiger partial charge in [0.2, 0.25) is 0 Å². The lowest BCUT2D eigenvalue weighted by Crippen LogP contribution is -2.27. The lowest BCUT2D eigenvalue weighted by Gasteiger charge is -2.18. The highest BCUT2D eigenvalue weighted by Gasteiger charge is 2.21. The van der Waals surface area contributed by atoms with Crippen LogP contribution in [0.4, 0.5) is 9.93 Å². The van der Waals surface area contributed by atoms with Crippen LogP contribution in [0.2, 0.25) is 0 Å². The summed E-state index contributed by atoms with van der Waals surface area (Å²) in [7, 11) is 0. The summed E-state index contributed by atoms with van der Waals surface area (Å²) in [6.07, 6.45) is -0.574. The van der Waals surface area contributed by atoms with Crippen molar-refractivity contribution < 1.29 is 19.4 Å². The van der Waals surface area contributed by atoms with Gasteiger partial charge in [-0.15, -0.1) is 11.3 Å². The normalized spacial score (nSPS) is 11.6. The van der Waals surface area contributed by atoms with Crippen molar-refractivity contribution >= 4 is 49.4 Å². The van der Waals surface area contributed by atoms with Crippen LogP contribution in [-0.4, -0.2) is 27.8 Å². The largest absolute Gasteiger partial charge is 0.477 e. The molecular formula is C12H14N2O4S2. The summed E-state index contributed by atoms with van der Waals surface area (Å²) in [6, 6.07) is 0. The standard InChI is InChI=1S/C12H14N2O4S2/c1-5-6-8(19-7(5)9(15)16)13-10(20-6)14-11(17)18-12(2,3)4/h1-4H3,(H,15,16)(H,13,14,17). The van der Waals surface area contributed by atoms with Gasteiger partial charge in [-0.05, 0) is 33.3 Å². The molecule has 0 saturated carbocycles. The van der Waals surface area contributed by atoms with Gasteiger partial charge in [0.25, 0.3) is 0 Å². The van der Waals surface area contributed by atoms with Crippen molar-refractivity contribution in [3.05, 3.63) is 10.4 Å². The topological polar surface area (TPSA) is 88.5 Å². The van der Waals surface area contributed by atoms with Crippen molar-refractivity contribution in [3.8, 4) is 0 Å². The molecule has 0 bridgehead atoms. The number of rotatable bonds is 2. The smallest absolute Gasteiger partial charge is 0.413 e. The van der Waals surface area contributed by atoms with Gasteiger partial charge in [0.1, 0.15) is 15.3 Å². The third-order valence-electron chi connectivity index (χ3n) is 2.28. The van der Waals surface area contributed by atoms with Crippen LogP contribution >= 0.6 is 22.7 Å². The number of hydrogen-bond donors (Lipinski definition) is 2. The zero-order chi connectivity index (χ0) is 15.1. The molecule has 0 atom stereocenters. The van der Waals surface area contributed by atoms with Crippen LogP contribution in [0.25, 0.3) is 9.53 Å². The fourth-order valence-electron chi connectivity index (χ4n) is 1.54. The van der Waals surface area contributed by atoms with E-state index in [4.69, 9.17) is 9.84 Å². The number of thiazole rings is 1. The molecule has 20 heavy (non-hydrogen) atoms. The van der Waals surface area contributed by atoms with Crippen molar-refractivity contribution in [1.29, 1.82) is 0 Å². The van der Waals surface area contributed by atoms with E-state index in [-0.39, 0.29) is 4.88 Å². The highest BCUT2D eigenvalue weighted by molar-refractivity contribution is 7.30. The number of hydrogen-bond acceptors (Lipinski definition) is 6. The molecule has 8 heteroatoms. The average molecular weight is 314 g/mol. The lowest BCUT2D eigenvalue weighted by atomic mass is 10.2. The van der Waals surface area contributed by atoms with E-state index in [1.54, 1.807) is 27.7 Å². The molecule has 0 aliphatic carbocycles. The Morgan fingerprint density at radius 3 is 2.45 bits per heavy atom. The summed E-state index contributed by atoms with van der Waals surface area (Å²) in [5.74, 6) is -0.959. The minimum absolute atomic E-state index is 0.280. The van der Waals surface area contributed by atoms with E-state index in [0.717, 1.165) is 16.0 Å². The molecule has 0 spiro atoms. The number of carboxylic acid groups (broad SMARTS) is 1. The maximum Gasteiger partial charge on any atom is 0.413 e. The molecule has 0 unspecified atom stereocenters. The molecule has 2 heterocycles. The van der Waals surface area contributed by atoms with Crippen molar-refractivity contribution in [2.24, 2.45) is 0 Å². The number of nitrogens with one attached hydrogen (secondary N) is 1. The van der Waals surface area contributed by atoms with Crippen LogP contribution < -0.4 is 5.32 Å². The molecule has 0 aromatic carbocycles. The van der Waals surface area contributed by atoms with Crippen molar-refractivity contribution in [2.75, 3.05) is 5.32 Å². The Bertz CT molecular complexity index is 681. The van der Waals surface area contributed by atoms with E-state index in [1.165, 1.54) is 11.3 Å². The lowest BCUT2D eigenvalue weighted by molar-refractivity contribution is 0.0634. The number of carboxylic acids is 1. The Morgan fingerprint density at radius 1 is 1.30 bits per heavy atom. The SMILES string of the molecule is Cc1c(C(=O)O)sc2nc(NC(=O)OC(C)(C)C)sc12. The Labute approximate surface area is 123 Å². The first kappa shape index (κ1) is 14.7. The Hall–Kier alpha value is -1.67. The second-order valence-corrected chi connectivity index (χ2v) is 7.14. The van der Waals surface area contributed by atoms with Crippen LogP contribution in [0.1, 0.15) is 36.0 Å². The molecule has 0 aliphatic heterocycles. The Balaban J connectivity index is 2.21. The first-order valence-corrected chi connectivity index (χ1v) is 7.44. The number of aromatic carboxylic acids is 1. The number of fused-ring (bicyclic) bond motifs is 1. The highest BCUT2D eigenvalue weighted by atomic mass is 32.1. The number of aromatic nitrogens is 1. The monoisotopic (exact) mass is 314 g/mol. The molecule has 2 N–H and O–H groups in total. The van der Waals surface area contributed by atoms with Gasteiger partial charge in [-0.1, -0.05) is 11.3 Å². The Kier molecular flexibility index (Phi) is 3.70. The third-order valence-corrected chi connectivity index (χ3v) is 4.67. The summed E-state index contributed by atoms with van der Waals surface area (Å²) in [4.78, 5) is 27.7. The summed E-state index contributed by atoms with van der Waals surface area (Å²) in [6.45, 7) is 7.06. The van der Waals surface area contributed by atoms with Crippen LogP contribution in [0.15, 0.2) is 0 Å². The van der Waals surface area contributed by atoms with Crippen molar-refractivity contribution in [3.63, 3.8) is 0 Å². The molecular weight excluding hydrogens is 300 g/mol. The number of carbonyl (C=O) groups is 2. The predicted molar refractivity (Wildman–Crippen MR) is 79.1 cm³/mol. The van der Waals surface area contributed by atoms with Gasteiger partial charge < -0.3 is 9.84 Å². The molecule has 0 fully saturated rings. The number of anilines is 1. The molecule has 108 valence electrons. The van der Waals surface area contributed by atoms with Gasteiger partial charge in [0, 0.05) is 0 Å². The molecule has 6 nitrogen and oxygen atoms in total. The molecule has 2 aromatic heterocycles. The van der Waals surface area contributed by atoms with Crippen LogP contribution in [0.5, 0.6) is 0 Å². The number of ether oxygens (including phenoxy) is 1. The third kappa shape index (κ3) is 3.07. The minimum Gasteiger partial charge on any atom is -0.477 e. The maximum absolute atomic E-state index is 11.6. The first-order valence-electron chi connectivity index (χ1n) is 5.80. The van der Waals surface area contributed by atoms with Crippen LogP contribution in [-0.2, 0) is 4.74 Å². The molecule has 0 saturated heterocycles. The second kappa shape index (κ2) is 5.02. The molecule has 2 rings (SSSR count). The number of aryl methyl sites for hydroxylation is 1. The maximum atomic E-state index is 11.6. The fraction of sp³-hybridized carbons (Fsp3) is 0.417. The van der Waals surface area contributed by atoms with Gasteiger partial charge in [-0.2, -0.15) is 0 Å². The summed E-state index contributed by atoms with van der Waals surface area (Å²) in [5.41, 5.74) is 0.0951. The summed E-state index contributed by atoms with van der Waals surface area (Å²) in [5, 5.41) is 12.0. The fourth-order valence-corrected chi connectivity index (χ4v) is 3.68. The zero-order valence-electron chi connectivity index (χ0n) is 11.4. The van der Waals surface area contributed by atoms with E-state index < -0.39 is 17.7 Å². The number of nitrogens with zero attached hydrogens (tertiary/aromatic N) is 1. The summed E-state index contributed by atoms with van der Waals surface area (Å²) >= 11 is 2.34. The Morgan fingerprint density at radius 2 is 1.95 bits per heavy atom. The number of amides is 1. The van der Waals surface area contributed by atoms with Crippen molar-refractivity contribution in [1.82, 2.24) is 4.98 Å². The first-order chi connectivity index (χ1) is 9.17. The average Bonchev–Trinajstić information content (AvgIpc) is 2.75. The van der Waals surface area contributed by atoms with E-state index in [2.05, 4.69) is 10.3 Å². The van der Waals surface area contributed by atoms with Gasteiger partial charge >= 0.3 is 12.1 Å². The second-order valence-electron chi connectivity index (χ2n) is 5.14. The number of carbonyl (C=O) groups excluding carboxylic acids is 1. The van der Waals surface area contributed by atoms with Crippen LogP contribution in [0, 0.1) is 6.92 Å². The predicted octanol–water partition coefficient (Wildman–Crippen LogP) is 3.71. The number of thiophene rings is 1.